The summed E-state index contributed by atoms with van der Waals surface area (Å²) in [4.78, 5) is 17.8. The van der Waals surface area contributed by atoms with E-state index in [9.17, 15) is 13.2 Å². The van der Waals surface area contributed by atoms with Crippen molar-refractivity contribution in [2.24, 2.45) is 11.8 Å². The van der Waals surface area contributed by atoms with Gasteiger partial charge < -0.3 is 9.32 Å². The topological polar surface area (TPSA) is 83.7 Å². The summed E-state index contributed by atoms with van der Waals surface area (Å²) in [6.45, 7) is 2.64. The zero-order valence-corrected chi connectivity index (χ0v) is 13.5. The molecule has 0 bridgehead atoms. The number of likely N-dealkylation sites (tertiary alicyclic amines) is 1. The van der Waals surface area contributed by atoms with Crippen molar-refractivity contribution in [2.45, 2.75) is 19.3 Å². The molecule has 1 aromatic rings. The number of sulfonamides is 1. The van der Waals surface area contributed by atoms with Crippen LogP contribution in [0.5, 0.6) is 0 Å². The van der Waals surface area contributed by atoms with E-state index in [1.807, 2.05) is 4.90 Å². The number of rotatable bonds is 3. The molecule has 0 spiro atoms. The van der Waals surface area contributed by atoms with E-state index in [1.165, 1.54) is 18.8 Å². The summed E-state index contributed by atoms with van der Waals surface area (Å²) in [6.07, 6.45) is 6.70. The summed E-state index contributed by atoms with van der Waals surface area (Å²) in [5, 5.41) is 0. The molecule has 0 aliphatic carbocycles. The molecular formula is C14H21N3O4S. The molecule has 2 aliphatic heterocycles. The predicted molar refractivity (Wildman–Crippen MR) is 79.7 cm³/mol. The zero-order valence-electron chi connectivity index (χ0n) is 12.6. The number of piperidine rings is 1. The number of oxazole rings is 1. The Morgan fingerprint density at radius 2 is 1.91 bits per heavy atom. The van der Waals surface area contributed by atoms with Gasteiger partial charge in [-0.1, -0.05) is 0 Å². The highest BCUT2D eigenvalue weighted by Crippen LogP contribution is 2.32. The highest BCUT2D eigenvalue weighted by atomic mass is 32.2. The second kappa shape index (κ2) is 6.00. The predicted octanol–water partition coefficient (Wildman–Crippen LogP) is 0.808. The summed E-state index contributed by atoms with van der Waals surface area (Å²) < 4.78 is 29.7. The lowest BCUT2D eigenvalue weighted by Crippen LogP contribution is -2.40. The third kappa shape index (κ3) is 3.17. The van der Waals surface area contributed by atoms with Gasteiger partial charge in [0, 0.05) is 26.2 Å². The van der Waals surface area contributed by atoms with E-state index in [0.717, 1.165) is 32.4 Å². The fourth-order valence-electron chi connectivity index (χ4n) is 3.51. The van der Waals surface area contributed by atoms with Crippen molar-refractivity contribution < 1.29 is 17.6 Å². The Morgan fingerprint density at radius 1 is 1.23 bits per heavy atom. The van der Waals surface area contributed by atoms with E-state index in [2.05, 4.69) is 4.98 Å². The normalized spacial score (nSPS) is 24.8. The van der Waals surface area contributed by atoms with Crippen LogP contribution in [0.25, 0.3) is 0 Å². The Bertz CT molecular complexity index is 621. The monoisotopic (exact) mass is 327 g/mol. The molecule has 1 amide bonds. The minimum Gasteiger partial charge on any atom is -0.438 e. The van der Waals surface area contributed by atoms with Gasteiger partial charge in [-0.3, -0.25) is 4.79 Å². The SMILES string of the molecule is CS(=O)(=O)N1CCC(C2CCN(C(=O)c3cnco3)C2)CC1. The van der Waals surface area contributed by atoms with Crippen molar-refractivity contribution in [1.29, 1.82) is 0 Å². The van der Waals surface area contributed by atoms with Crippen LogP contribution in [0.1, 0.15) is 29.8 Å². The highest BCUT2D eigenvalue weighted by Gasteiger charge is 2.35. The van der Waals surface area contributed by atoms with Crippen LogP contribution in [0, 0.1) is 11.8 Å². The Morgan fingerprint density at radius 3 is 2.50 bits per heavy atom. The van der Waals surface area contributed by atoms with Crippen LogP contribution in [0.4, 0.5) is 0 Å². The molecular weight excluding hydrogens is 306 g/mol. The van der Waals surface area contributed by atoms with E-state index in [0.29, 0.717) is 24.9 Å². The number of amides is 1. The van der Waals surface area contributed by atoms with Gasteiger partial charge in [-0.25, -0.2) is 17.7 Å². The molecule has 0 N–H and O–H groups in total. The quantitative estimate of drug-likeness (QED) is 0.820. The summed E-state index contributed by atoms with van der Waals surface area (Å²) in [6, 6.07) is 0. The summed E-state index contributed by atoms with van der Waals surface area (Å²) >= 11 is 0. The molecule has 3 heterocycles. The zero-order chi connectivity index (χ0) is 15.7. The maximum Gasteiger partial charge on any atom is 0.291 e. The van der Waals surface area contributed by atoms with Gasteiger partial charge in [0.05, 0.1) is 12.5 Å². The van der Waals surface area contributed by atoms with Gasteiger partial charge in [-0.2, -0.15) is 0 Å². The van der Waals surface area contributed by atoms with Gasteiger partial charge in [0.15, 0.2) is 6.39 Å². The Balaban J connectivity index is 1.55. The smallest absolute Gasteiger partial charge is 0.291 e. The van der Waals surface area contributed by atoms with Gasteiger partial charge in [-0.05, 0) is 31.1 Å². The lowest BCUT2D eigenvalue weighted by atomic mass is 9.84. The van der Waals surface area contributed by atoms with Crippen molar-refractivity contribution in [3.8, 4) is 0 Å². The first-order valence-electron chi connectivity index (χ1n) is 7.58. The first-order chi connectivity index (χ1) is 10.4. The molecule has 0 radical (unpaired) electrons. The third-order valence-electron chi connectivity index (χ3n) is 4.79. The molecule has 122 valence electrons. The summed E-state index contributed by atoms with van der Waals surface area (Å²) in [7, 11) is -3.08. The van der Waals surface area contributed by atoms with Crippen molar-refractivity contribution >= 4 is 15.9 Å². The van der Waals surface area contributed by atoms with Gasteiger partial charge in [-0.15, -0.1) is 0 Å². The average Bonchev–Trinajstić information content (AvgIpc) is 3.17. The van der Waals surface area contributed by atoms with Crippen molar-refractivity contribution in [1.82, 2.24) is 14.2 Å². The molecule has 2 fully saturated rings. The molecule has 1 unspecified atom stereocenters. The molecule has 0 saturated carbocycles. The molecule has 2 aliphatic rings. The number of hydrogen-bond acceptors (Lipinski definition) is 5. The van der Waals surface area contributed by atoms with Gasteiger partial charge in [0.25, 0.3) is 5.91 Å². The first kappa shape index (κ1) is 15.5. The second-order valence-corrected chi connectivity index (χ2v) is 8.15. The maximum absolute atomic E-state index is 12.2. The fraction of sp³-hybridized carbons (Fsp3) is 0.714. The fourth-order valence-corrected chi connectivity index (χ4v) is 4.39. The molecule has 1 aromatic heterocycles. The van der Waals surface area contributed by atoms with Crippen molar-refractivity contribution in [3.63, 3.8) is 0 Å². The lowest BCUT2D eigenvalue weighted by molar-refractivity contribution is 0.0747. The lowest BCUT2D eigenvalue weighted by Gasteiger charge is -2.33. The number of hydrogen-bond donors (Lipinski definition) is 0. The van der Waals surface area contributed by atoms with Crippen LogP contribution in [-0.4, -0.2) is 60.9 Å². The van der Waals surface area contributed by atoms with E-state index in [-0.39, 0.29) is 11.7 Å². The van der Waals surface area contributed by atoms with Gasteiger partial charge in [0.2, 0.25) is 15.8 Å². The van der Waals surface area contributed by atoms with E-state index in [4.69, 9.17) is 4.42 Å². The van der Waals surface area contributed by atoms with Crippen LogP contribution >= 0.6 is 0 Å². The van der Waals surface area contributed by atoms with E-state index in [1.54, 1.807) is 4.31 Å². The third-order valence-corrected chi connectivity index (χ3v) is 6.09. The van der Waals surface area contributed by atoms with Gasteiger partial charge in [0.1, 0.15) is 0 Å². The van der Waals surface area contributed by atoms with Crippen molar-refractivity contribution in [2.75, 3.05) is 32.4 Å². The highest BCUT2D eigenvalue weighted by molar-refractivity contribution is 7.88. The van der Waals surface area contributed by atoms with Crippen LogP contribution in [-0.2, 0) is 10.0 Å². The standard InChI is InChI=1S/C14H21N3O4S/c1-22(19,20)17-6-3-11(4-7-17)12-2-5-16(9-12)14(18)13-8-15-10-21-13/h8,10-12H,2-7,9H2,1H3. The van der Waals surface area contributed by atoms with Crippen LogP contribution in [0.15, 0.2) is 17.0 Å². The Labute approximate surface area is 130 Å². The van der Waals surface area contributed by atoms with E-state index < -0.39 is 10.0 Å². The molecule has 2 saturated heterocycles. The maximum atomic E-state index is 12.2. The van der Waals surface area contributed by atoms with Crippen LogP contribution in [0.3, 0.4) is 0 Å². The Hall–Kier alpha value is -1.41. The molecule has 3 rings (SSSR count). The minimum absolute atomic E-state index is 0.103. The molecule has 7 nitrogen and oxygen atoms in total. The number of aromatic nitrogens is 1. The largest absolute Gasteiger partial charge is 0.438 e. The van der Waals surface area contributed by atoms with E-state index >= 15 is 0 Å². The second-order valence-electron chi connectivity index (χ2n) is 6.17. The molecule has 8 heteroatoms. The minimum atomic E-state index is -3.08. The van der Waals surface area contributed by atoms with Crippen molar-refractivity contribution in [3.05, 3.63) is 18.4 Å². The summed E-state index contributed by atoms with van der Waals surface area (Å²) in [5.41, 5.74) is 0. The number of carbonyl (C=O) groups excluding carboxylic acids is 1. The van der Waals surface area contributed by atoms with Crippen LogP contribution < -0.4 is 0 Å². The number of carbonyl (C=O) groups is 1. The molecule has 22 heavy (non-hydrogen) atoms. The molecule has 1 atom stereocenters. The molecule has 0 aromatic carbocycles. The Kier molecular flexibility index (Phi) is 4.22. The number of nitrogens with zero attached hydrogens (tertiary/aromatic N) is 3. The average molecular weight is 327 g/mol. The summed E-state index contributed by atoms with van der Waals surface area (Å²) in [5.74, 6) is 1.13. The van der Waals surface area contributed by atoms with Crippen LogP contribution in [0.2, 0.25) is 0 Å². The van der Waals surface area contributed by atoms with Gasteiger partial charge >= 0.3 is 0 Å². The first-order valence-corrected chi connectivity index (χ1v) is 9.43.